The molecular weight excluding hydrogens is 302 g/mol. The molecule has 0 spiro atoms. The number of nitrogens with one attached hydrogen (secondary N) is 1. The molecule has 0 aliphatic heterocycles. The molecule has 0 bridgehead atoms. The Morgan fingerprint density at radius 1 is 1.25 bits per heavy atom. The van der Waals surface area contributed by atoms with Crippen LogP contribution in [0.3, 0.4) is 0 Å². The number of carbonyl (C=O) groups is 1. The van der Waals surface area contributed by atoms with Crippen molar-refractivity contribution in [3.63, 3.8) is 0 Å². The lowest BCUT2D eigenvalue weighted by Crippen LogP contribution is -2.42. The molecule has 2 saturated carbocycles. The number of fused-ring (bicyclic) bond motifs is 1. The fraction of sp³-hybridized carbons (Fsp3) is 0.526. The molecule has 2 aliphatic rings. The molecule has 5 heteroatoms. The van der Waals surface area contributed by atoms with E-state index in [1.54, 1.807) is 6.20 Å². The van der Waals surface area contributed by atoms with Crippen molar-refractivity contribution in [1.82, 2.24) is 15.3 Å². The van der Waals surface area contributed by atoms with Crippen LogP contribution in [0.5, 0.6) is 0 Å². The van der Waals surface area contributed by atoms with Gasteiger partial charge in [-0.05, 0) is 63.6 Å². The predicted molar refractivity (Wildman–Crippen MR) is 91.9 cm³/mol. The van der Waals surface area contributed by atoms with Crippen LogP contribution < -0.4 is 5.32 Å². The minimum Gasteiger partial charge on any atom is -0.390 e. The van der Waals surface area contributed by atoms with Crippen LogP contribution in [0.25, 0.3) is 11.0 Å². The first-order chi connectivity index (χ1) is 11.5. The summed E-state index contributed by atoms with van der Waals surface area (Å²) < 4.78 is 0. The van der Waals surface area contributed by atoms with Gasteiger partial charge in [0.1, 0.15) is 0 Å². The molecule has 0 atom stereocenters. The number of nitrogens with zero attached hydrogens (tertiary/aromatic N) is 2. The van der Waals surface area contributed by atoms with E-state index in [9.17, 15) is 9.90 Å². The highest BCUT2D eigenvalue weighted by Crippen LogP contribution is 2.39. The van der Waals surface area contributed by atoms with Gasteiger partial charge in [0.05, 0.1) is 11.2 Å². The lowest BCUT2D eigenvalue weighted by Gasteiger charge is -2.33. The van der Waals surface area contributed by atoms with E-state index in [2.05, 4.69) is 15.3 Å². The van der Waals surface area contributed by atoms with Gasteiger partial charge in [-0.3, -0.25) is 4.79 Å². The van der Waals surface area contributed by atoms with Crippen LogP contribution in [0.2, 0.25) is 0 Å². The number of aliphatic hydroxyl groups is 1. The quantitative estimate of drug-likeness (QED) is 0.910. The fourth-order valence-electron chi connectivity index (χ4n) is 3.41. The highest BCUT2D eigenvalue weighted by molar-refractivity contribution is 5.97. The molecule has 5 nitrogen and oxygen atoms in total. The number of hydrogen-bond donors (Lipinski definition) is 2. The van der Waals surface area contributed by atoms with E-state index in [-0.39, 0.29) is 11.9 Å². The first-order valence-electron chi connectivity index (χ1n) is 8.80. The molecule has 0 unspecified atom stereocenters. The zero-order valence-electron chi connectivity index (χ0n) is 14.0. The summed E-state index contributed by atoms with van der Waals surface area (Å²) in [4.78, 5) is 21.4. The number of amides is 1. The number of aromatic nitrogens is 2. The lowest BCUT2D eigenvalue weighted by atomic mass is 9.83. The number of hydrogen-bond acceptors (Lipinski definition) is 4. The summed E-state index contributed by atoms with van der Waals surface area (Å²) in [6, 6.07) is 6.05. The molecule has 126 valence electrons. The molecule has 24 heavy (non-hydrogen) atoms. The summed E-state index contributed by atoms with van der Waals surface area (Å²) >= 11 is 0. The minimum absolute atomic E-state index is 0.0952. The summed E-state index contributed by atoms with van der Waals surface area (Å²) in [5, 5.41) is 14.0. The van der Waals surface area contributed by atoms with Crippen molar-refractivity contribution in [1.29, 1.82) is 0 Å². The zero-order valence-corrected chi connectivity index (χ0v) is 14.0. The summed E-state index contributed by atoms with van der Waals surface area (Å²) in [5.41, 5.74) is 1.81. The Morgan fingerprint density at radius 3 is 2.71 bits per heavy atom. The average molecular weight is 325 g/mol. The third-order valence-corrected chi connectivity index (χ3v) is 5.22. The van der Waals surface area contributed by atoms with Gasteiger partial charge in [0, 0.05) is 29.2 Å². The zero-order chi connectivity index (χ0) is 16.7. The van der Waals surface area contributed by atoms with E-state index in [4.69, 9.17) is 0 Å². The van der Waals surface area contributed by atoms with Gasteiger partial charge in [0.15, 0.2) is 5.65 Å². The largest absolute Gasteiger partial charge is 0.390 e. The van der Waals surface area contributed by atoms with Crippen LogP contribution in [0.4, 0.5) is 0 Å². The standard InChI is InChI=1S/C19H23N3O2/c1-19(24)8-6-15(7-9-19)21-18(23)14-10-13-4-5-16(12-2-3-12)22-17(13)20-11-14/h4-5,10-12,15,24H,2-3,6-9H2,1H3,(H,21,23). The van der Waals surface area contributed by atoms with Crippen LogP contribution >= 0.6 is 0 Å². The van der Waals surface area contributed by atoms with Gasteiger partial charge in [0.25, 0.3) is 5.91 Å². The normalized spacial score (nSPS) is 27.2. The Hall–Kier alpha value is -2.01. The Bertz CT molecular complexity index is 773. The molecular formula is C19H23N3O2. The van der Waals surface area contributed by atoms with Crippen LogP contribution in [0.15, 0.2) is 24.4 Å². The van der Waals surface area contributed by atoms with Crippen LogP contribution in [0.1, 0.15) is 67.4 Å². The van der Waals surface area contributed by atoms with Crippen molar-refractivity contribution in [2.75, 3.05) is 0 Å². The summed E-state index contributed by atoms with van der Waals surface area (Å²) in [6.07, 6.45) is 7.11. The van der Waals surface area contributed by atoms with Crippen molar-refractivity contribution >= 4 is 16.9 Å². The van der Waals surface area contributed by atoms with Gasteiger partial charge in [0.2, 0.25) is 0 Å². The summed E-state index contributed by atoms with van der Waals surface area (Å²) in [7, 11) is 0. The Balaban J connectivity index is 1.47. The van der Waals surface area contributed by atoms with E-state index in [0.29, 0.717) is 17.1 Å². The second-order valence-corrected chi connectivity index (χ2v) is 7.53. The molecule has 4 rings (SSSR count). The van der Waals surface area contributed by atoms with Crippen molar-refractivity contribution < 1.29 is 9.90 Å². The monoisotopic (exact) mass is 325 g/mol. The third-order valence-electron chi connectivity index (χ3n) is 5.22. The van der Waals surface area contributed by atoms with Gasteiger partial charge in [-0.2, -0.15) is 0 Å². The second kappa shape index (κ2) is 5.81. The van der Waals surface area contributed by atoms with E-state index in [1.807, 2.05) is 25.1 Å². The van der Waals surface area contributed by atoms with Crippen molar-refractivity contribution in [3.05, 3.63) is 35.7 Å². The van der Waals surface area contributed by atoms with Gasteiger partial charge < -0.3 is 10.4 Å². The van der Waals surface area contributed by atoms with Crippen LogP contribution in [0, 0.1) is 0 Å². The molecule has 0 aromatic carbocycles. The molecule has 2 N–H and O–H groups in total. The minimum atomic E-state index is -0.587. The molecule has 2 aromatic heterocycles. The topological polar surface area (TPSA) is 75.1 Å². The first-order valence-corrected chi connectivity index (χ1v) is 8.80. The molecule has 2 fully saturated rings. The number of pyridine rings is 2. The van der Waals surface area contributed by atoms with Gasteiger partial charge in [-0.1, -0.05) is 0 Å². The van der Waals surface area contributed by atoms with E-state index < -0.39 is 5.60 Å². The van der Waals surface area contributed by atoms with E-state index >= 15 is 0 Å². The number of carbonyl (C=O) groups excluding carboxylic acids is 1. The molecule has 0 radical (unpaired) electrons. The first kappa shape index (κ1) is 15.5. The maximum Gasteiger partial charge on any atom is 0.253 e. The van der Waals surface area contributed by atoms with Crippen molar-refractivity contribution in [2.45, 2.75) is 63.0 Å². The SMILES string of the molecule is CC1(O)CCC(NC(=O)c2cnc3nc(C4CC4)ccc3c2)CC1. The smallest absolute Gasteiger partial charge is 0.253 e. The van der Waals surface area contributed by atoms with Crippen LogP contribution in [-0.4, -0.2) is 32.6 Å². The van der Waals surface area contributed by atoms with E-state index in [0.717, 1.165) is 36.8 Å². The molecule has 0 saturated heterocycles. The highest BCUT2D eigenvalue weighted by atomic mass is 16.3. The molecule has 2 aliphatic carbocycles. The molecule has 2 heterocycles. The van der Waals surface area contributed by atoms with Gasteiger partial charge in [-0.15, -0.1) is 0 Å². The van der Waals surface area contributed by atoms with Gasteiger partial charge >= 0.3 is 0 Å². The Labute approximate surface area is 141 Å². The Morgan fingerprint density at radius 2 is 2.00 bits per heavy atom. The Kier molecular flexibility index (Phi) is 3.76. The van der Waals surface area contributed by atoms with Crippen molar-refractivity contribution in [3.8, 4) is 0 Å². The third kappa shape index (κ3) is 3.26. The van der Waals surface area contributed by atoms with Crippen molar-refractivity contribution in [2.24, 2.45) is 0 Å². The average Bonchev–Trinajstić information content (AvgIpc) is 3.41. The van der Waals surface area contributed by atoms with Gasteiger partial charge in [-0.25, -0.2) is 9.97 Å². The highest BCUT2D eigenvalue weighted by Gasteiger charge is 2.29. The lowest BCUT2D eigenvalue weighted by molar-refractivity contribution is 0.0140. The maximum absolute atomic E-state index is 12.5. The number of rotatable bonds is 3. The predicted octanol–water partition coefficient (Wildman–Crippen LogP) is 2.93. The van der Waals surface area contributed by atoms with Crippen LogP contribution in [-0.2, 0) is 0 Å². The summed E-state index contributed by atoms with van der Waals surface area (Å²) in [5.74, 6) is 0.505. The molecule has 1 amide bonds. The molecule has 2 aromatic rings. The summed E-state index contributed by atoms with van der Waals surface area (Å²) in [6.45, 7) is 1.86. The maximum atomic E-state index is 12.5. The fourth-order valence-corrected chi connectivity index (χ4v) is 3.41. The van der Waals surface area contributed by atoms with E-state index in [1.165, 1.54) is 12.8 Å². The second-order valence-electron chi connectivity index (χ2n) is 7.53.